The summed E-state index contributed by atoms with van der Waals surface area (Å²) >= 11 is 6.10. The molecule has 0 aliphatic rings. The van der Waals surface area contributed by atoms with Crippen molar-refractivity contribution < 1.29 is 18.0 Å². The van der Waals surface area contributed by atoms with E-state index in [1.165, 1.54) is 25.1 Å². The number of hydrogen-bond acceptors (Lipinski definition) is 4. The molecule has 0 aliphatic carbocycles. The van der Waals surface area contributed by atoms with Crippen LogP contribution in [-0.2, 0) is 10.0 Å². The van der Waals surface area contributed by atoms with Crippen LogP contribution in [-0.4, -0.2) is 20.1 Å². The Morgan fingerprint density at radius 3 is 2.23 bits per heavy atom. The lowest BCUT2D eigenvalue weighted by Crippen LogP contribution is -2.16. The second kappa shape index (κ2) is 8.69. The van der Waals surface area contributed by atoms with Gasteiger partial charge < -0.3 is 5.32 Å². The summed E-state index contributed by atoms with van der Waals surface area (Å²) in [7, 11) is -4.01. The van der Waals surface area contributed by atoms with Crippen molar-refractivity contribution in [3.05, 3.63) is 88.4 Å². The fourth-order valence-electron chi connectivity index (χ4n) is 2.70. The number of Topliss-reactive ketones (excluding diaryl/α,β-unsaturated/α-hetero) is 1. The van der Waals surface area contributed by atoms with E-state index >= 15 is 0 Å². The molecule has 0 fully saturated rings. The summed E-state index contributed by atoms with van der Waals surface area (Å²) in [6.45, 7) is 3.32. The number of aryl methyl sites for hydroxylation is 1. The second-order valence-electron chi connectivity index (χ2n) is 6.71. The Bertz CT molecular complexity index is 1220. The topological polar surface area (TPSA) is 92.3 Å². The average molecular weight is 443 g/mol. The number of anilines is 2. The van der Waals surface area contributed by atoms with Gasteiger partial charge in [0.2, 0.25) is 0 Å². The van der Waals surface area contributed by atoms with Gasteiger partial charge >= 0.3 is 0 Å². The number of rotatable bonds is 6. The summed E-state index contributed by atoms with van der Waals surface area (Å²) in [6.07, 6.45) is 0. The molecule has 0 atom stereocenters. The zero-order chi connectivity index (χ0) is 21.9. The molecule has 0 unspecified atom stereocenters. The van der Waals surface area contributed by atoms with Crippen molar-refractivity contribution >= 4 is 44.7 Å². The highest BCUT2D eigenvalue weighted by Crippen LogP contribution is 2.26. The van der Waals surface area contributed by atoms with Crippen LogP contribution in [0.25, 0.3) is 0 Å². The van der Waals surface area contributed by atoms with Crippen LogP contribution >= 0.6 is 11.6 Å². The molecule has 0 aliphatic heterocycles. The van der Waals surface area contributed by atoms with Crippen molar-refractivity contribution in [3.63, 3.8) is 0 Å². The average Bonchev–Trinajstić information content (AvgIpc) is 2.70. The zero-order valence-electron chi connectivity index (χ0n) is 16.3. The van der Waals surface area contributed by atoms with Crippen molar-refractivity contribution in [1.82, 2.24) is 0 Å². The molecule has 0 saturated heterocycles. The molecule has 0 aromatic heterocycles. The molecule has 8 heteroatoms. The van der Waals surface area contributed by atoms with Gasteiger partial charge in [0.25, 0.3) is 15.9 Å². The Labute approximate surface area is 179 Å². The Morgan fingerprint density at radius 2 is 1.57 bits per heavy atom. The summed E-state index contributed by atoms with van der Waals surface area (Å²) in [5, 5.41) is 2.65. The molecule has 0 spiro atoms. The maximum absolute atomic E-state index is 12.8. The molecular formula is C22H19ClN2O4S. The molecule has 0 heterocycles. The smallest absolute Gasteiger partial charge is 0.263 e. The number of ketones is 1. The first-order valence-corrected chi connectivity index (χ1v) is 10.8. The summed E-state index contributed by atoms with van der Waals surface area (Å²) in [6, 6.07) is 17.3. The number of carbonyl (C=O) groups excluding carboxylic acids is 2. The first-order valence-electron chi connectivity index (χ1n) is 8.97. The Kier molecular flexibility index (Phi) is 6.24. The van der Waals surface area contributed by atoms with Crippen LogP contribution in [0.3, 0.4) is 0 Å². The number of benzene rings is 3. The number of nitrogens with one attached hydrogen (secondary N) is 2. The van der Waals surface area contributed by atoms with Crippen LogP contribution in [0.4, 0.5) is 11.4 Å². The number of hydrogen-bond donors (Lipinski definition) is 2. The van der Waals surface area contributed by atoms with Crippen LogP contribution in [0.15, 0.2) is 71.6 Å². The maximum atomic E-state index is 12.8. The van der Waals surface area contributed by atoms with Gasteiger partial charge in [-0.1, -0.05) is 41.4 Å². The molecular weight excluding hydrogens is 424 g/mol. The second-order valence-corrected chi connectivity index (χ2v) is 8.77. The highest BCUT2D eigenvalue weighted by Gasteiger charge is 2.20. The fraction of sp³-hybridized carbons (Fsp3) is 0.0909. The minimum Gasteiger partial charge on any atom is -0.322 e. The van der Waals surface area contributed by atoms with E-state index in [1.54, 1.807) is 48.5 Å². The molecule has 3 rings (SSSR count). The third-order valence-electron chi connectivity index (χ3n) is 4.31. The third-order valence-corrected chi connectivity index (χ3v) is 6.18. The predicted molar refractivity (Wildman–Crippen MR) is 118 cm³/mol. The predicted octanol–water partition coefficient (Wildman–Crippen LogP) is 4.90. The van der Waals surface area contributed by atoms with E-state index in [9.17, 15) is 18.0 Å². The summed E-state index contributed by atoms with van der Waals surface area (Å²) in [5.41, 5.74) is 2.35. The monoisotopic (exact) mass is 442 g/mol. The first-order chi connectivity index (χ1) is 14.2. The summed E-state index contributed by atoms with van der Waals surface area (Å²) < 4.78 is 28.0. The quantitative estimate of drug-likeness (QED) is 0.531. The highest BCUT2D eigenvalue weighted by atomic mass is 35.5. The molecule has 0 bridgehead atoms. The molecule has 6 nitrogen and oxygen atoms in total. The minimum atomic E-state index is -4.01. The molecule has 3 aromatic rings. The van der Waals surface area contributed by atoms with E-state index < -0.39 is 15.9 Å². The van der Waals surface area contributed by atoms with Crippen LogP contribution in [0.1, 0.15) is 33.2 Å². The minimum absolute atomic E-state index is 0.00950. The number of halogens is 1. The largest absolute Gasteiger partial charge is 0.322 e. The highest BCUT2D eigenvalue weighted by molar-refractivity contribution is 7.92. The van der Waals surface area contributed by atoms with Crippen molar-refractivity contribution in [2.45, 2.75) is 18.7 Å². The number of sulfonamides is 1. The fourth-order valence-corrected chi connectivity index (χ4v) is 4.29. The van der Waals surface area contributed by atoms with Gasteiger partial charge in [-0.05, 0) is 56.3 Å². The van der Waals surface area contributed by atoms with Gasteiger partial charge in [0.1, 0.15) is 4.90 Å². The molecule has 0 saturated carbocycles. The van der Waals surface area contributed by atoms with E-state index in [2.05, 4.69) is 10.0 Å². The molecule has 3 aromatic carbocycles. The lowest BCUT2D eigenvalue weighted by atomic mass is 10.1. The number of carbonyl (C=O) groups is 2. The van der Waals surface area contributed by atoms with Crippen LogP contribution < -0.4 is 10.0 Å². The summed E-state index contributed by atoms with van der Waals surface area (Å²) in [5.74, 6) is -0.660. The normalized spacial score (nSPS) is 11.0. The zero-order valence-corrected chi connectivity index (χ0v) is 17.8. The van der Waals surface area contributed by atoms with Gasteiger partial charge in [0, 0.05) is 22.5 Å². The van der Waals surface area contributed by atoms with Crippen LogP contribution in [0.2, 0.25) is 5.02 Å². The van der Waals surface area contributed by atoms with Gasteiger partial charge in [-0.2, -0.15) is 0 Å². The van der Waals surface area contributed by atoms with Crippen molar-refractivity contribution in [1.29, 1.82) is 0 Å². The van der Waals surface area contributed by atoms with E-state index in [1.807, 2.05) is 6.92 Å². The van der Waals surface area contributed by atoms with Gasteiger partial charge in [-0.25, -0.2) is 8.42 Å². The lowest BCUT2D eigenvalue weighted by Gasteiger charge is -2.12. The Hall–Kier alpha value is -3.16. The number of amides is 1. The molecule has 0 radical (unpaired) electrons. The SMILES string of the molecule is CC(=O)c1cccc(NC(=O)c2ccc(Cl)c(S(=O)(=O)Nc3ccc(C)cc3)c2)c1. The molecule has 30 heavy (non-hydrogen) atoms. The summed E-state index contributed by atoms with van der Waals surface area (Å²) in [4.78, 5) is 23.9. The van der Waals surface area contributed by atoms with Gasteiger partial charge in [0.15, 0.2) is 5.78 Å². The lowest BCUT2D eigenvalue weighted by molar-refractivity contribution is 0.101. The van der Waals surface area contributed by atoms with E-state index in [0.717, 1.165) is 5.56 Å². The van der Waals surface area contributed by atoms with Crippen molar-refractivity contribution in [2.75, 3.05) is 10.0 Å². The maximum Gasteiger partial charge on any atom is 0.263 e. The van der Waals surface area contributed by atoms with Crippen LogP contribution in [0, 0.1) is 6.92 Å². The standard InChI is InChI=1S/C22H19ClN2O4S/c1-14-6-9-18(10-7-14)25-30(28,29)21-13-17(8-11-20(21)23)22(27)24-19-5-3-4-16(12-19)15(2)26/h3-13,25H,1-2H3,(H,24,27). The van der Waals surface area contributed by atoms with Crippen molar-refractivity contribution in [3.8, 4) is 0 Å². The van der Waals surface area contributed by atoms with Crippen LogP contribution in [0.5, 0.6) is 0 Å². The molecule has 154 valence electrons. The molecule has 1 amide bonds. The van der Waals surface area contributed by atoms with Gasteiger partial charge in [0.05, 0.1) is 5.02 Å². The molecule has 2 N–H and O–H groups in total. The van der Waals surface area contributed by atoms with Gasteiger partial charge in [-0.15, -0.1) is 0 Å². The van der Waals surface area contributed by atoms with Gasteiger partial charge in [-0.3, -0.25) is 14.3 Å². The first kappa shape index (κ1) is 21.5. The van der Waals surface area contributed by atoms with E-state index in [-0.39, 0.29) is 21.3 Å². The third kappa shape index (κ3) is 5.06. The van der Waals surface area contributed by atoms with Crippen molar-refractivity contribution in [2.24, 2.45) is 0 Å². The Balaban J connectivity index is 1.87. The van der Waals surface area contributed by atoms with E-state index in [0.29, 0.717) is 16.9 Å². The van der Waals surface area contributed by atoms with E-state index in [4.69, 9.17) is 11.6 Å². The Morgan fingerprint density at radius 1 is 0.867 bits per heavy atom.